The van der Waals surface area contributed by atoms with Crippen LogP contribution in [0.3, 0.4) is 0 Å². The molecular formula is C7H8ClFN2S. The van der Waals surface area contributed by atoms with Gasteiger partial charge in [-0.05, 0) is 12.1 Å². The van der Waals surface area contributed by atoms with E-state index in [1.165, 1.54) is 6.07 Å². The Hall–Kier alpha value is -0.710. The van der Waals surface area contributed by atoms with E-state index in [2.05, 4.69) is 5.43 Å². The van der Waals surface area contributed by atoms with Crippen LogP contribution in [0.2, 0.25) is 0 Å². The summed E-state index contributed by atoms with van der Waals surface area (Å²) >= 11 is 4.73. The second-order valence-corrected chi connectivity index (χ2v) is 2.36. The van der Waals surface area contributed by atoms with E-state index in [1.807, 2.05) is 0 Å². The molecule has 2 nitrogen and oxygen atoms in total. The first kappa shape index (κ1) is 11.3. The van der Waals surface area contributed by atoms with Gasteiger partial charge in [-0.2, -0.15) is 0 Å². The summed E-state index contributed by atoms with van der Waals surface area (Å²) in [7, 11) is 0. The summed E-state index contributed by atoms with van der Waals surface area (Å²) < 4.78 is 12.8. The molecule has 5 heteroatoms. The standard InChI is InChI=1S/C7H7FN2S.ClH/c8-6-4-2-1-3-5(6)7(11)10-9;/h1-4H,9H2,(H,10,11);1H. The Labute approximate surface area is 81.3 Å². The third kappa shape index (κ3) is 2.41. The molecule has 3 N–H and O–H groups in total. The van der Waals surface area contributed by atoms with Gasteiger partial charge in [-0.15, -0.1) is 12.4 Å². The van der Waals surface area contributed by atoms with Gasteiger partial charge in [0.05, 0.1) is 0 Å². The van der Waals surface area contributed by atoms with E-state index in [1.54, 1.807) is 18.2 Å². The van der Waals surface area contributed by atoms with Crippen molar-refractivity contribution < 1.29 is 4.39 Å². The molecule has 0 spiro atoms. The molecule has 0 aliphatic heterocycles. The smallest absolute Gasteiger partial charge is 0.133 e. The first-order valence-electron chi connectivity index (χ1n) is 3.01. The van der Waals surface area contributed by atoms with Crippen molar-refractivity contribution in [2.24, 2.45) is 5.84 Å². The van der Waals surface area contributed by atoms with E-state index >= 15 is 0 Å². The van der Waals surface area contributed by atoms with Crippen molar-refractivity contribution in [2.45, 2.75) is 0 Å². The summed E-state index contributed by atoms with van der Waals surface area (Å²) in [5.74, 6) is 4.65. The van der Waals surface area contributed by atoms with Crippen LogP contribution in [0.25, 0.3) is 0 Å². The number of hydrazine groups is 1. The highest BCUT2D eigenvalue weighted by molar-refractivity contribution is 7.80. The molecule has 0 unspecified atom stereocenters. The molecule has 0 radical (unpaired) electrons. The summed E-state index contributed by atoms with van der Waals surface area (Å²) in [5.41, 5.74) is 2.54. The lowest BCUT2D eigenvalue weighted by molar-refractivity contribution is 0.624. The van der Waals surface area contributed by atoms with Gasteiger partial charge in [0, 0.05) is 5.56 Å². The first-order chi connectivity index (χ1) is 5.25. The average molecular weight is 207 g/mol. The summed E-state index contributed by atoms with van der Waals surface area (Å²) in [5, 5.41) is 0. The maximum absolute atomic E-state index is 12.8. The van der Waals surface area contributed by atoms with E-state index in [0.717, 1.165) is 0 Å². The van der Waals surface area contributed by atoms with Crippen LogP contribution >= 0.6 is 24.6 Å². The molecule has 0 amide bonds. The lowest BCUT2D eigenvalue weighted by Gasteiger charge is -2.02. The number of halogens is 2. The fourth-order valence-corrected chi connectivity index (χ4v) is 0.889. The SMILES string of the molecule is Cl.NNC(=S)c1ccccc1F. The van der Waals surface area contributed by atoms with Crippen molar-refractivity contribution >= 4 is 29.6 Å². The average Bonchev–Trinajstić information content (AvgIpc) is 2.04. The van der Waals surface area contributed by atoms with Gasteiger partial charge in [0.25, 0.3) is 0 Å². The molecule has 0 saturated carbocycles. The molecule has 0 aromatic heterocycles. The Bertz CT molecular complexity index is 280. The minimum absolute atomic E-state index is 0. The third-order valence-corrected chi connectivity index (χ3v) is 1.59. The Morgan fingerprint density at radius 3 is 2.50 bits per heavy atom. The maximum Gasteiger partial charge on any atom is 0.133 e. The van der Waals surface area contributed by atoms with Crippen molar-refractivity contribution in [3.8, 4) is 0 Å². The van der Waals surface area contributed by atoms with Crippen molar-refractivity contribution in [1.82, 2.24) is 5.43 Å². The zero-order valence-corrected chi connectivity index (χ0v) is 7.71. The lowest BCUT2D eigenvalue weighted by atomic mass is 10.2. The minimum atomic E-state index is -0.365. The predicted molar refractivity (Wildman–Crippen MR) is 52.7 cm³/mol. The molecule has 12 heavy (non-hydrogen) atoms. The molecular weight excluding hydrogens is 199 g/mol. The predicted octanol–water partition coefficient (Wildman–Crippen LogP) is 1.39. The van der Waals surface area contributed by atoms with Gasteiger partial charge in [-0.1, -0.05) is 24.4 Å². The number of hydrogen-bond donors (Lipinski definition) is 2. The molecule has 0 atom stereocenters. The van der Waals surface area contributed by atoms with E-state index in [4.69, 9.17) is 18.1 Å². The number of hydrogen-bond acceptors (Lipinski definition) is 2. The van der Waals surface area contributed by atoms with Crippen LogP contribution < -0.4 is 11.3 Å². The highest BCUT2D eigenvalue weighted by Crippen LogP contribution is 2.05. The molecule has 1 rings (SSSR count). The van der Waals surface area contributed by atoms with Crippen LogP contribution in [0.15, 0.2) is 24.3 Å². The fourth-order valence-electron chi connectivity index (χ4n) is 0.723. The van der Waals surface area contributed by atoms with Crippen molar-refractivity contribution in [1.29, 1.82) is 0 Å². The zero-order chi connectivity index (χ0) is 8.27. The van der Waals surface area contributed by atoms with Crippen LogP contribution in [0, 0.1) is 5.82 Å². The number of benzene rings is 1. The Morgan fingerprint density at radius 1 is 1.42 bits per heavy atom. The van der Waals surface area contributed by atoms with Crippen LogP contribution in [0.4, 0.5) is 4.39 Å². The number of rotatable bonds is 1. The van der Waals surface area contributed by atoms with Gasteiger partial charge < -0.3 is 5.43 Å². The van der Waals surface area contributed by atoms with Gasteiger partial charge >= 0.3 is 0 Å². The fraction of sp³-hybridized carbons (Fsp3) is 0. The van der Waals surface area contributed by atoms with Crippen LogP contribution in [0.1, 0.15) is 5.56 Å². The molecule has 0 aliphatic carbocycles. The monoisotopic (exact) mass is 206 g/mol. The second-order valence-electron chi connectivity index (χ2n) is 1.95. The number of thiocarbonyl (C=S) groups is 1. The van der Waals surface area contributed by atoms with Gasteiger partial charge in [0.1, 0.15) is 10.8 Å². The molecule has 0 saturated heterocycles. The van der Waals surface area contributed by atoms with E-state index < -0.39 is 0 Å². The maximum atomic E-state index is 12.8. The van der Waals surface area contributed by atoms with E-state index in [9.17, 15) is 4.39 Å². The van der Waals surface area contributed by atoms with Crippen LogP contribution in [-0.2, 0) is 0 Å². The molecule has 1 aromatic carbocycles. The molecule has 0 heterocycles. The van der Waals surface area contributed by atoms with Gasteiger partial charge in [0.2, 0.25) is 0 Å². The summed E-state index contributed by atoms with van der Waals surface area (Å²) in [6.45, 7) is 0. The summed E-state index contributed by atoms with van der Waals surface area (Å²) in [6.07, 6.45) is 0. The first-order valence-corrected chi connectivity index (χ1v) is 3.42. The lowest BCUT2D eigenvalue weighted by Crippen LogP contribution is -2.29. The van der Waals surface area contributed by atoms with Crippen molar-refractivity contribution in [3.63, 3.8) is 0 Å². The number of nitrogens with two attached hydrogens (primary N) is 1. The van der Waals surface area contributed by atoms with Crippen LogP contribution in [-0.4, -0.2) is 4.99 Å². The summed E-state index contributed by atoms with van der Waals surface area (Å²) in [6, 6.07) is 6.19. The zero-order valence-electron chi connectivity index (χ0n) is 6.08. The molecule has 0 bridgehead atoms. The van der Waals surface area contributed by atoms with Crippen LogP contribution in [0.5, 0.6) is 0 Å². The minimum Gasteiger partial charge on any atom is -0.314 e. The molecule has 66 valence electrons. The summed E-state index contributed by atoms with van der Waals surface area (Å²) in [4.78, 5) is 0.211. The third-order valence-electron chi connectivity index (χ3n) is 1.25. The highest BCUT2D eigenvalue weighted by atomic mass is 35.5. The van der Waals surface area contributed by atoms with Gasteiger partial charge in [-0.3, -0.25) is 0 Å². The Morgan fingerprint density at radius 2 is 2.00 bits per heavy atom. The second kappa shape index (κ2) is 5.03. The molecule has 0 aliphatic rings. The quantitative estimate of drug-likeness (QED) is 0.414. The molecule has 1 aromatic rings. The topological polar surface area (TPSA) is 38.0 Å². The van der Waals surface area contributed by atoms with E-state index in [0.29, 0.717) is 5.56 Å². The van der Waals surface area contributed by atoms with Gasteiger partial charge in [-0.25, -0.2) is 10.2 Å². The normalized spacial score (nSPS) is 8.50. The van der Waals surface area contributed by atoms with Gasteiger partial charge in [0.15, 0.2) is 0 Å². The highest BCUT2D eigenvalue weighted by Gasteiger charge is 2.03. The Kier molecular flexibility index (Phi) is 4.73. The molecule has 0 fully saturated rings. The largest absolute Gasteiger partial charge is 0.314 e. The van der Waals surface area contributed by atoms with E-state index in [-0.39, 0.29) is 23.2 Å². The van der Waals surface area contributed by atoms with Crippen molar-refractivity contribution in [2.75, 3.05) is 0 Å². The Balaban J connectivity index is 0.00000121. The van der Waals surface area contributed by atoms with Crippen molar-refractivity contribution in [3.05, 3.63) is 35.6 Å². The number of nitrogens with one attached hydrogen (secondary N) is 1.